The quantitative estimate of drug-likeness (QED) is 0.642. The Bertz CT molecular complexity index is 870. The van der Waals surface area contributed by atoms with Gasteiger partial charge < -0.3 is 5.32 Å². The van der Waals surface area contributed by atoms with Gasteiger partial charge in [0.2, 0.25) is 5.91 Å². The van der Waals surface area contributed by atoms with E-state index in [1.165, 1.54) is 11.8 Å². The molecule has 0 saturated carbocycles. The maximum atomic E-state index is 12.0. The van der Waals surface area contributed by atoms with Gasteiger partial charge in [0.1, 0.15) is 0 Å². The Morgan fingerprint density at radius 2 is 1.87 bits per heavy atom. The van der Waals surface area contributed by atoms with Crippen molar-refractivity contribution in [2.24, 2.45) is 0 Å². The fraction of sp³-hybridized carbons (Fsp3) is 0.0588. The average molecular weight is 363 g/mol. The van der Waals surface area contributed by atoms with Gasteiger partial charge in [-0.15, -0.1) is 0 Å². The molecule has 1 N–H and O–H groups in total. The van der Waals surface area contributed by atoms with E-state index in [-0.39, 0.29) is 11.7 Å². The zero-order valence-corrected chi connectivity index (χ0v) is 14.3. The molecule has 1 heterocycles. The number of pyridine rings is 1. The summed E-state index contributed by atoms with van der Waals surface area (Å²) in [5.41, 5.74) is 1.54. The highest BCUT2D eigenvalue weighted by molar-refractivity contribution is 7.99. The molecule has 0 saturated heterocycles. The molecule has 1 amide bonds. The molecule has 2 aromatic carbocycles. The molecular weight excluding hydrogens is 351 g/mol. The third-order valence-electron chi connectivity index (χ3n) is 3.13. The van der Waals surface area contributed by atoms with E-state index in [1.807, 2.05) is 36.4 Å². The SMILES string of the molecule is O=C(CSc1ccc2ccccc2n1)Nc1ccc(Cl)c(Cl)c1. The van der Waals surface area contributed by atoms with Crippen molar-refractivity contribution in [3.05, 3.63) is 64.6 Å². The van der Waals surface area contributed by atoms with Crippen LogP contribution in [0.1, 0.15) is 0 Å². The van der Waals surface area contributed by atoms with Gasteiger partial charge in [-0.1, -0.05) is 59.2 Å². The van der Waals surface area contributed by atoms with E-state index in [9.17, 15) is 4.79 Å². The molecule has 0 spiro atoms. The van der Waals surface area contributed by atoms with Crippen LogP contribution in [0, 0.1) is 0 Å². The van der Waals surface area contributed by atoms with Crippen molar-refractivity contribution >= 4 is 57.5 Å². The first-order valence-electron chi connectivity index (χ1n) is 6.85. The summed E-state index contributed by atoms with van der Waals surface area (Å²) in [7, 11) is 0. The molecule has 3 nitrogen and oxygen atoms in total. The predicted molar refractivity (Wildman–Crippen MR) is 97.6 cm³/mol. The molecule has 0 aliphatic heterocycles. The number of carbonyl (C=O) groups is 1. The Morgan fingerprint density at radius 3 is 2.70 bits per heavy atom. The summed E-state index contributed by atoms with van der Waals surface area (Å²) in [5, 5.41) is 5.55. The van der Waals surface area contributed by atoms with E-state index in [4.69, 9.17) is 23.2 Å². The van der Waals surface area contributed by atoms with Crippen molar-refractivity contribution in [1.29, 1.82) is 0 Å². The average Bonchev–Trinajstić information content (AvgIpc) is 2.56. The summed E-state index contributed by atoms with van der Waals surface area (Å²) in [6.07, 6.45) is 0. The molecule has 23 heavy (non-hydrogen) atoms. The maximum Gasteiger partial charge on any atom is 0.234 e. The number of carbonyl (C=O) groups excluding carboxylic acids is 1. The lowest BCUT2D eigenvalue weighted by Gasteiger charge is -2.06. The van der Waals surface area contributed by atoms with E-state index in [2.05, 4.69) is 10.3 Å². The predicted octanol–water partition coefficient (Wildman–Crippen LogP) is 5.27. The summed E-state index contributed by atoms with van der Waals surface area (Å²) in [6.45, 7) is 0. The van der Waals surface area contributed by atoms with Crippen LogP contribution in [0.25, 0.3) is 10.9 Å². The van der Waals surface area contributed by atoms with E-state index >= 15 is 0 Å². The molecule has 3 rings (SSSR count). The summed E-state index contributed by atoms with van der Waals surface area (Å²) in [4.78, 5) is 16.5. The number of para-hydroxylation sites is 1. The normalized spacial score (nSPS) is 10.7. The van der Waals surface area contributed by atoms with Crippen LogP contribution in [-0.2, 0) is 4.79 Å². The molecular formula is C17H12Cl2N2OS. The number of aromatic nitrogens is 1. The van der Waals surface area contributed by atoms with E-state index < -0.39 is 0 Å². The fourth-order valence-corrected chi connectivity index (χ4v) is 3.01. The van der Waals surface area contributed by atoms with Crippen LogP contribution in [0.2, 0.25) is 10.0 Å². The Balaban J connectivity index is 1.62. The zero-order valence-electron chi connectivity index (χ0n) is 11.9. The van der Waals surface area contributed by atoms with Gasteiger partial charge in [-0.2, -0.15) is 0 Å². The van der Waals surface area contributed by atoms with Crippen LogP contribution in [0.4, 0.5) is 5.69 Å². The van der Waals surface area contributed by atoms with Crippen LogP contribution in [0.15, 0.2) is 59.6 Å². The second-order valence-corrected chi connectivity index (χ2v) is 6.62. The van der Waals surface area contributed by atoms with Crippen molar-refractivity contribution in [2.75, 3.05) is 11.1 Å². The number of amides is 1. The van der Waals surface area contributed by atoms with E-state index in [0.717, 1.165) is 15.9 Å². The van der Waals surface area contributed by atoms with Crippen molar-refractivity contribution in [1.82, 2.24) is 4.98 Å². The third-order valence-corrected chi connectivity index (χ3v) is 4.80. The Kier molecular flexibility index (Phi) is 5.06. The highest BCUT2D eigenvalue weighted by Crippen LogP contribution is 2.25. The number of halogens is 2. The fourth-order valence-electron chi connectivity index (χ4n) is 2.04. The highest BCUT2D eigenvalue weighted by atomic mass is 35.5. The summed E-state index contributed by atoms with van der Waals surface area (Å²) in [5.74, 6) is 0.148. The van der Waals surface area contributed by atoms with Crippen LogP contribution in [0.5, 0.6) is 0 Å². The third kappa shape index (κ3) is 4.16. The first-order valence-corrected chi connectivity index (χ1v) is 8.59. The van der Waals surface area contributed by atoms with Gasteiger partial charge in [-0.25, -0.2) is 4.98 Å². The van der Waals surface area contributed by atoms with Gasteiger partial charge >= 0.3 is 0 Å². The number of nitrogens with zero attached hydrogens (tertiary/aromatic N) is 1. The number of hydrogen-bond acceptors (Lipinski definition) is 3. The zero-order chi connectivity index (χ0) is 16.2. The Labute approximate surface area is 148 Å². The molecule has 1 aromatic heterocycles. The number of anilines is 1. The Hall–Kier alpha value is -1.75. The van der Waals surface area contributed by atoms with Gasteiger partial charge in [0.25, 0.3) is 0 Å². The molecule has 0 aliphatic carbocycles. The van der Waals surface area contributed by atoms with Crippen LogP contribution in [-0.4, -0.2) is 16.6 Å². The summed E-state index contributed by atoms with van der Waals surface area (Å²) < 4.78 is 0. The van der Waals surface area contributed by atoms with Crippen molar-refractivity contribution in [3.8, 4) is 0 Å². The summed E-state index contributed by atoms with van der Waals surface area (Å²) in [6, 6.07) is 16.8. The molecule has 3 aromatic rings. The van der Waals surface area contributed by atoms with E-state index in [0.29, 0.717) is 15.7 Å². The first-order chi connectivity index (χ1) is 11.1. The molecule has 0 bridgehead atoms. The van der Waals surface area contributed by atoms with Crippen molar-refractivity contribution < 1.29 is 4.79 Å². The van der Waals surface area contributed by atoms with Gasteiger partial charge in [-0.3, -0.25) is 4.79 Å². The number of nitrogens with one attached hydrogen (secondary N) is 1. The lowest BCUT2D eigenvalue weighted by Crippen LogP contribution is -2.14. The second-order valence-electron chi connectivity index (χ2n) is 4.81. The standard InChI is InChI=1S/C17H12Cl2N2OS/c18-13-7-6-12(9-14(13)19)20-16(22)10-23-17-8-5-11-3-1-2-4-15(11)21-17/h1-9H,10H2,(H,20,22). The molecule has 116 valence electrons. The molecule has 0 fully saturated rings. The van der Waals surface area contributed by atoms with Crippen LogP contribution < -0.4 is 5.32 Å². The topological polar surface area (TPSA) is 42.0 Å². The lowest BCUT2D eigenvalue weighted by molar-refractivity contribution is -0.113. The minimum atomic E-state index is -0.122. The Morgan fingerprint density at radius 1 is 1.04 bits per heavy atom. The number of hydrogen-bond donors (Lipinski definition) is 1. The smallest absolute Gasteiger partial charge is 0.234 e. The van der Waals surface area contributed by atoms with Crippen LogP contribution >= 0.6 is 35.0 Å². The minimum absolute atomic E-state index is 0.122. The molecule has 6 heteroatoms. The highest BCUT2D eigenvalue weighted by Gasteiger charge is 2.07. The van der Waals surface area contributed by atoms with Gasteiger partial charge in [0.15, 0.2) is 0 Å². The van der Waals surface area contributed by atoms with Crippen LogP contribution in [0.3, 0.4) is 0 Å². The van der Waals surface area contributed by atoms with Crippen molar-refractivity contribution in [2.45, 2.75) is 5.03 Å². The molecule has 0 radical (unpaired) electrons. The second kappa shape index (κ2) is 7.21. The first kappa shape index (κ1) is 16.1. The van der Waals surface area contributed by atoms with Gasteiger partial charge in [-0.05, 0) is 30.3 Å². The maximum absolute atomic E-state index is 12.0. The van der Waals surface area contributed by atoms with Gasteiger partial charge in [0.05, 0.1) is 26.3 Å². The molecule has 0 aliphatic rings. The minimum Gasteiger partial charge on any atom is -0.325 e. The van der Waals surface area contributed by atoms with E-state index in [1.54, 1.807) is 18.2 Å². The monoisotopic (exact) mass is 362 g/mol. The lowest BCUT2D eigenvalue weighted by atomic mass is 10.2. The number of fused-ring (bicyclic) bond motifs is 1. The number of thioether (sulfide) groups is 1. The van der Waals surface area contributed by atoms with Crippen molar-refractivity contribution in [3.63, 3.8) is 0 Å². The summed E-state index contributed by atoms with van der Waals surface area (Å²) >= 11 is 13.2. The number of benzene rings is 2. The molecule has 0 unspecified atom stereocenters. The van der Waals surface area contributed by atoms with Gasteiger partial charge in [0, 0.05) is 11.1 Å². The number of rotatable bonds is 4. The molecule has 0 atom stereocenters. The largest absolute Gasteiger partial charge is 0.325 e.